The SMILES string of the molecule is CN(Cc1ccc(F)c(Br)c1)c1ccccc1. The lowest BCUT2D eigenvalue weighted by Gasteiger charge is -2.19. The molecule has 88 valence electrons. The average Bonchev–Trinajstić information content (AvgIpc) is 2.35. The van der Waals surface area contributed by atoms with Crippen LogP contribution >= 0.6 is 15.9 Å². The first-order valence-electron chi connectivity index (χ1n) is 5.37. The maximum Gasteiger partial charge on any atom is 0.137 e. The van der Waals surface area contributed by atoms with E-state index in [0.717, 1.165) is 17.8 Å². The molecule has 0 aliphatic carbocycles. The Bertz CT molecular complexity index is 499. The van der Waals surface area contributed by atoms with E-state index >= 15 is 0 Å². The Morgan fingerprint density at radius 3 is 2.47 bits per heavy atom. The van der Waals surface area contributed by atoms with Gasteiger partial charge in [0.15, 0.2) is 0 Å². The number of halogens is 2. The van der Waals surface area contributed by atoms with E-state index < -0.39 is 0 Å². The van der Waals surface area contributed by atoms with Crippen molar-refractivity contribution >= 4 is 21.6 Å². The molecule has 0 saturated heterocycles. The molecule has 17 heavy (non-hydrogen) atoms. The van der Waals surface area contributed by atoms with E-state index in [1.807, 2.05) is 31.3 Å². The molecule has 0 aliphatic heterocycles. The van der Waals surface area contributed by atoms with E-state index in [-0.39, 0.29) is 5.82 Å². The lowest BCUT2D eigenvalue weighted by molar-refractivity contribution is 0.620. The molecule has 2 rings (SSSR count). The minimum absolute atomic E-state index is 0.226. The molecule has 0 amide bonds. The number of para-hydroxylation sites is 1. The largest absolute Gasteiger partial charge is 0.370 e. The third-order valence-electron chi connectivity index (χ3n) is 2.60. The van der Waals surface area contributed by atoms with Gasteiger partial charge in [-0.2, -0.15) is 0 Å². The van der Waals surface area contributed by atoms with E-state index in [1.165, 1.54) is 6.07 Å². The molecule has 1 nitrogen and oxygen atoms in total. The predicted octanol–water partition coefficient (Wildman–Crippen LogP) is 4.22. The summed E-state index contributed by atoms with van der Waals surface area (Å²) >= 11 is 3.20. The van der Waals surface area contributed by atoms with Crippen LogP contribution in [0.2, 0.25) is 0 Å². The Kier molecular flexibility index (Phi) is 3.79. The molecule has 0 aliphatic rings. The van der Waals surface area contributed by atoms with Crippen molar-refractivity contribution in [2.45, 2.75) is 6.54 Å². The minimum atomic E-state index is -0.226. The molecule has 0 atom stereocenters. The van der Waals surface area contributed by atoms with Crippen LogP contribution in [0.1, 0.15) is 5.56 Å². The molecule has 0 bridgehead atoms. The first-order valence-corrected chi connectivity index (χ1v) is 6.16. The molecule has 0 spiro atoms. The van der Waals surface area contributed by atoms with E-state index in [4.69, 9.17) is 0 Å². The summed E-state index contributed by atoms with van der Waals surface area (Å²) in [6.07, 6.45) is 0. The highest BCUT2D eigenvalue weighted by molar-refractivity contribution is 9.10. The molecule has 0 heterocycles. The summed E-state index contributed by atoms with van der Waals surface area (Å²) in [6, 6.07) is 15.2. The number of rotatable bonds is 3. The normalized spacial score (nSPS) is 10.3. The van der Waals surface area contributed by atoms with E-state index in [1.54, 1.807) is 6.07 Å². The lowest BCUT2D eigenvalue weighted by Crippen LogP contribution is -2.16. The standard InChI is InChI=1S/C14H13BrFN/c1-17(12-5-3-2-4-6-12)10-11-7-8-14(16)13(15)9-11/h2-9H,10H2,1H3. The second-order valence-electron chi connectivity index (χ2n) is 3.94. The predicted molar refractivity (Wildman–Crippen MR) is 72.6 cm³/mol. The summed E-state index contributed by atoms with van der Waals surface area (Å²) in [5.41, 5.74) is 2.22. The number of anilines is 1. The summed E-state index contributed by atoms with van der Waals surface area (Å²) in [6.45, 7) is 0.753. The topological polar surface area (TPSA) is 3.24 Å². The summed E-state index contributed by atoms with van der Waals surface area (Å²) in [4.78, 5) is 2.12. The van der Waals surface area contributed by atoms with Gasteiger partial charge in [0.1, 0.15) is 5.82 Å². The van der Waals surface area contributed by atoms with Crippen molar-refractivity contribution in [3.63, 3.8) is 0 Å². The number of hydrogen-bond donors (Lipinski definition) is 0. The molecule has 2 aromatic carbocycles. The van der Waals surface area contributed by atoms with Gasteiger partial charge in [-0.05, 0) is 45.8 Å². The Morgan fingerprint density at radius 1 is 1.12 bits per heavy atom. The molecule has 0 radical (unpaired) electrons. The third kappa shape index (κ3) is 3.07. The smallest absolute Gasteiger partial charge is 0.137 e. The summed E-state index contributed by atoms with van der Waals surface area (Å²) in [5.74, 6) is -0.226. The Morgan fingerprint density at radius 2 is 1.82 bits per heavy atom. The highest BCUT2D eigenvalue weighted by Gasteiger charge is 2.04. The van der Waals surface area contributed by atoms with E-state index in [0.29, 0.717) is 4.47 Å². The Labute approximate surface area is 109 Å². The zero-order valence-corrected chi connectivity index (χ0v) is 11.1. The highest BCUT2D eigenvalue weighted by Crippen LogP contribution is 2.19. The Hall–Kier alpha value is -1.35. The highest BCUT2D eigenvalue weighted by atomic mass is 79.9. The van der Waals surface area contributed by atoms with Crippen molar-refractivity contribution in [2.75, 3.05) is 11.9 Å². The maximum absolute atomic E-state index is 13.1. The van der Waals surface area contributed by atoms with Gasteiger partial charge in [-0.1, -0.05) is 24.3 Å². The van der Waals surface area contributed by atoms with Gasteiger partial charge in [0, 0.05) is 19.3 Å². The van der Waals surface area contributed by atoms with Crippen molar-refractivity contribution in [2.24, 2.45) is 0 Å². The monoisotopic (exact) mass is 293 g/mol. The van der Waals surface area contributed by atoms with Crippen LogP contribution in [-0.2, 0) is 6.54 Å². The molecular formula is C14H13BrFN. The van der Waals surface area contributed by atoms with Gasteiger partial charge in [-0.25, -0.2) is 4.39 Å². The quantitative estimate of drug-likeness (QED) is 0.819. The number of hydrogen-bond acceptors (Lipinski definition) is 1. The first-order chi connectivity index (χ1) is 8.16. The van der Waals surface area contributed by atoms with Gasteiger partial charge < -0.3 is 4.90 Å². The lowest BCUT2D eigenvalue weighted by atomic mass is 10.2. The summed E-state index contributed by atoms with van der Waals surface area (Å²) < 4.78 is 13.6. The van der Waals surface area contributed by atoms with Crippen LogP contribution in [-0.4, -0.2) is 7.05 Å². The number of nitrogens with zero attached hydrogens (tertiary/aromatic N) is 1. The Balaban J connectivity index is 2.13. The second-order valence-corrected chi connectivity index (χ2v) is 4.79. The van der Waals surface area contributed by atoms with Gasteiger partial charge in [0.25, 0.3) is 0 Å². The molecule has 0 N–H and O–H groups in total. The van der Waals surface area contributed by atoms with Crippen molar-refractivity contribution in [3.05, 3.63) is 64.4 Å². The van der Waals surface area contributed by atoms with E-state index in [9.17, 15) is 4.39 Å². The second kappa shape index (κ2) is 5.32. The average molecular weight is 294 g/mol. The fourth-order valence-electron chi connectivity index (χ4n) is 1.69. The first kappa shape index (κ1) is 12.1. The fourth-order valence-corrected chi connectivity index (χ4v) is 2.11. The van der Waals surface area contributed by atoms with Crippen LogP contribution < -0.4 is 4.90 Å². The molecule has 3 heteroatoms. The molecular weight excluding hydrogens is 281 g/mol. The van der Waals surface area contributed by atoms with Gasteiger partial charge in [0.2, 0.25) is 0 Å². The zero-order valence-electron chi connectivity index (χ0n) is 9.53. The van der Waals surface area contributed by atoms with Gasteiger partial charge in [0.05, 0.1) is 4.47 Å². The van der Waals surface area contributed by atoms with E-state index in [2.05, 4.69) is 33.0 Å². The molecule has 2 aromatic rings. The van der Waals surface area contributed by atoms with Gasteiger partial charge in [-0.15, -0.1) is 0 Å². The molecule has 0 fully saturated rings. The van der Waals surface area contributed by atoms with Crippen LogP contribution in [0.25, 0.3) is 0 Å². The fraction of sp³-hybridized carbons (Fsp3) is 0.143. The molecule has 0 unspecified atom stereocenters. The van der Waals surface area contributed by atoms with Crippen LogP contribution in [0.5, 0.6) is 0 Å². The van der Waals surface area contributed by atoms with Crippen LogP contribution in [0.15, 0.2) is 53.0 Å². The zero-order chi connectivity index (χ0) is 12.3. The number of benzene rings is 2. The summed E-state index contributed by atoms with van der Waals surface area (Å²) in [5, 5.41) is 0. The maximum atomic E-state index is 13.1. The molecule has 0 aromatic heterocycles. The van der Waals surface area contributed by atoms with Gasteiger partial charge in [-0.3, -0.25) is 0 Å². The van der Waals surface area contributed by atoms with Crippen molar-refractivity contribution in [1.29, 1.82) is 0 Å². The van der Waals surface area contributed by atoms with Crippen molar-refractivity contribution < 1.29 is 4.39 Å². The minimum Gasteiger partial charge on any atom is -0.370 e. The van der Waals surface area contributed by atoms with Crippen LogP contribution in [0.3, 0.4) is 0 Å². The van der Waals surface area contributed by atoms with Crippen LogP contribution in [0, 0.1) is 5.82 Å². The molecule has 0 saturated carbocycles. The van der Waals surface area contributed by atoms with Crippen LogP contribution in [0.4, 0.5) is 10.1 Å². The third-order valence-corrected chi connectivity index (χ3v) is 3.21. The van der Waals surface area contributed by atoms with Crippen molar-refractivity contribution in [1.82, 2.24) is 0 Å². The summed E-state index contributed by atoms with van der Waals surface area (Å²) in [7, 11) is 2.02. The van der Waals surface area contributed by atoms with Gasteiger partial charge >= 0.3 is 0 Å². The van der Waals surface area contributed by atoms with Crippen molar-refractivity contribution in [3.8, 4) is 0 Å².